The first-order valence-electron chi connectivity index (χ1n) is 16.9. The molecule has 2 aliphatic heterocycles. The predicted molar refractivity (Wildman–Crippen MR) is 186 cm³/mol. The predicted octanol–water partition coefficient (Wildman–Crippen LogP) is 11.6. The first kappa shape index (κ1) is 31.3. The topological polar surface area (TPSA) is 98.7 Å². The molecular weight excluding hydrogens is 664 g/mol. The molecule has 9 heteroatoms. The van der Waals surface area contributed by atoms with Gasteiger partial charge in [0.15, 0.2) is 11.2 Å². The van der Waals surface area contributed by atoms with Crippen molar-refractivity contribution in [2.75, 3.05) is 0 Å². The largest absolute Gasteiger partial charge is 2.00 e. The molecule has 2 aromatic heterocycles. The molecule has 2 saturated carbocycles. The van der Waals surface area contributed by atoms with Crippen LogP contribution in [0.5, 0.6) is 11.5 Å². The van der Waals surface area contributed by atoms with Crippen LogP contribution in [0.15, 0.2) is 118 Å². The van der Waals surface area contributed by atoms with Gasteiger partial charge in [-0.2, -0.15) is 0 Å². The van der Waals surface area contributed by atoms with Gasteiger partial charge in [-0.25, -0.2) is 9.97 Å². The SMILES string of the molecule is [Cu+2].c1ccc2c(c1)[N-]/C(=C(\c1nc3ccccc3o1)C1CCCC1)O2.c1ccc2c(c1)[N-]/C(=C(\c1nc3ccccc3o1)C1CCCC1)O2. The zero-order valence-corrected chi connectivity index (χ0v) is 27.7. The van der Waals surface area contributed by atoms with Gasteiger partial charge in [0.1, 0.15) is 22.5 Å². The molecule has 0 bridgehead atoms. The summed E-state index contributed by atoms with van der Waals surface area (Å²) in [7, 11) is 0. The monoisotopic (exact) mass is 697 g/mol. The van der Waals surface area contributed by atoms with E-state index in [1.54, 1.807) is 0 Å². The number of benzene rings is 4. The molecule has 10 rings (SSSR count). The summed E-state index contributed by atoms with van der Waals surface area (Å²) in [6.07, 6.45) is 9.45. The summed E-state index contributed by atoms with van der Waals surface area (Å²) in [6, 6.07) is 31.4. The van der Waals surface area contributed by atoms with Crippen molar-refractivity contribution in [2.24, 2.45) is 11.8 Å². The van der Waals surface area contributed by atoms with Crippen LogP contribution in [-0.4, -0.2) is 9.97 Å². The zero-order chi connectivity index (χ0) is 31.9. The Morgan fingerprint density at radius 1 is 0.510 bits per heavy atom. The molecule has 2 fully saturated rings. The Kier molecular flexibility index (Phi) is 8.62. The fourth-order valence-electron chi connectivity index (χ4n) is 7.26. The van der Waals surface area contributed by atoms with E-state index in [0.29, 0.717) is 35.4 Å². The summed E-state index contributed by atoms with van der Waals surface area (Å²) in [5.41, 5.74) is 7.13. The molecule has 0 unspecified atom stereocenters. The van der Waals surface area contributed by atoms with Gasteiger partial charge in [0.2, 0.25) is 11.8 Å². The maximum absolute atomic E-state index is 6.04. The molecule has 0 amide bonds. The molecular formula is C40H34CuN4O4. The molecule has 2 aliphatic carbocycles. The maximum atomic E-state index is 6.04. The van der Waals surface area contributed by atoms with Gasteiger partial charge in [-0.1, -0.05) is 97.7 Å². The van der Waals surface area contributed by atoms with Gasteiger partial charge in [-0.15, -0.1) is 0 Å². The van der Waals surface area contributed by atoms with Gasteiger partial charge in [-0.3, -0.25) is 0 Å². The van der Waals surface area contributed by atoms with Crippen molar-refractivity contribution in [1.29, 1.82) is 0 Å². The number of aromatic nitrogens is 2. The van der Waals surface area contributed by atoms with E-state index < -0.39 is 0 Å². The van der Waals surface area contributed by atoms with E-state index in [0.717, 1.165) is 81.9 Å². The smallest absolute Gasteiger partial charge is 0.624 e. The molecule has 49 heavy (non-hydrogen) atoms. The fourth-order valence-corrected chi connectivity index (χ4v) is 7.26. The second-order valence-corrected chi connectivity index (χ2v) is 12.7. The van der Waals surface area contributed by atoms with E-state index in [9.17, 15) is 0 Å². The molecule has 249 valence electrons. The first-order chi connectivity index (χ1) is 23.8. The third-order valence-corrected chi connectivity index (χ3v) is 9.62. The first-order valence-corrected chi connectivity index (χ1v) is 16.9. The van der Waals surface area contributed by atoms with E-state index in [1.807, 2.05) is 97.1 Å². The number of nitrogens with zero attached hydrogens (tertiary/aromatic N) is 4. The van der Waals surface area contributed by atoms with Crippen molar-refractivity contribution < 1.29 is 35.4 Å². The van der Waals surface area contributed by atoms with E-state index in [-0.39, 0.29) is 17.1 Å². The van der Waals surface area contributed by atoms with Crippen molar-refractivity contribution >= 4 is 44.7 Å². The number of allylic oxidation sites excluding steroid dienone is 2. The van der Waals surface area contributed by atoms with Gasteiger partial charge in [0.25, 0.3) is 0 Å². The van der Waals surface area contributed by atoms with Crippen LogP contribution in [0.1, 0.15) is 63.1 Å². The van der Waals surface area contributed by atoms with Crippen molar-refractivity contribution in [1.82, 2.24) is 9.97 Å². The number of ether oxygens (including phenoxy) is 2. The third kappa shape index (κ3) is 6.09. The molecule has 1 radical (unpaired) electrons. The summed E-state index contributed by atoms with van der Waals surface area (Å²) in [4.78, 5) is 9.40. The zero-order valence-electron chi connectivity index (χ0n) is 26.8. The van der Waals surface area contributed by atoms with Crippen molar-refractivity contribution in [2.45, 2.75) is 51.4 Å². The summed E-state index contributed by atoms with van der Waals surface area (Å²) < 4.78 is 24.2. The molecule has 8 nitrogen and oxygen atoms in total. The minimum Gasteiger partial charge on any atom is -0.624 e. The van der Waals surface area contributed by atoms with Crippen LogP contribution < -0.4 is 9.47 Å². The van der Waals surface area contributed by atoms with Gasteiger partial charge in [-0.05, 0) is 73.9 Å². The molecule has 0 saturated heterocycles. The summed E-state index contributed by atoms with van der Waals surface area (Å²) >= 11 is 0. The van der Waals surface area contributed by atoms with Crippen LogP contribution in [0.25, 0.3) is 44.0 Å². The molecule has 6 aromatic rings. The molecule has 4 aliphatic rings. The van der Waals surface area contributed by atoms with E-state index in [4.69, 9.17) is 38.9 Å². The Morgan fingerprint density at radius 2 is 0.898 bits per heavy atom. The number of oxazole rings is 2. The summed E-state index contributed by atoms with van der Waals surface area (Å²) in [5, 5.41) is 9.40. The Balaban J connectivity index is 0.000000139. The standard InChI is InChI=1S/2C20H17N2O2.Cu/c2*1-2-8-13(7-1)18(19-21-14-9-3-5-11-16(14)23-19)20-22-15-10-4-6-12-17(15)24-20;/h2*3-6,9-13H,1-2,7-8H2;/q2*-1;+2/b2*19-18+;. The van der Waals surface area contributed by atoms with Crippen LogP contribution in [0.2, 0.25) is 0 Å². The Labute approximate surface area is 295 Å². The number of para-hydroxylation sites is 8. The van der Waals surface area contributed by atoms with Crippen LogP contribution in [0, 0.1) is 11.8 Å². The van der Waals surface area contributed by atoms with Crippen LogP contribution in [0.3, 0.4) is 0 Å². The van der Waals surface area contributed by atoms with Crippen molar-refractivity contribution in [3.8, 4) is 11.5 Å². The Morgan fingerprint density at radius 3 is 1.31 bits per heavy atom. The molecule has 4 heterocycles. The molecule has 0 N–H and O–H groups in total. The van der Waals surface area contributed by atoms with Crippen LogP contribution >= 0.6 is 0 Å². The van der Waals surface area contributed by atoms with Gasteiger partial charge < -0.3 is 28.9 Å². The van der Waals surface area contributed by atoms with Crippen LogP contribution in [0.4, 0.5) is 11.4 Å². The minimum atomic E-state index is 0. The number of rotatable bonds is 4. The number of hydrogen-bond donors (Lipinski definition) is 0. The number of fused-ring (bicyclic) bond motifs is 4. The third-order valence-electron chi connectivity index (χ3n) is 9.62. The van der Waals surface area contributed by atoms with Gasteiger partial charge >= 0.3 is 17.1 Å². The van der Waals surface area contributed by atoms with Crippen LogP contribution in [-0.2, 0) is 17.1 Å². The maximum Gasteiger partial charge on any atom is 2.00 e. The summed E-state index contributed by atoms with van der Waals surface area (Å²) in [6.45, 7) is 0. The van der Waals surface area contributed by atoms with Crippen molar-refractivity contribution in [3.05, 3.63) is 131 Å². The van der Waals surface area contributed by atoms with Gasteiger partial charge in [0, 0.05) is 22.9 Å². The normalized spacial score (nSPS) is 18.8. The summed E-state index contributed by atoms with van der Waals surface area (Å²) in [5.74, 6) is 4.99. The van der Waals surface area contributed by atoms with E-state index >= 15 is 0 Å². The second kappa shape index (κ2) is 13.5. The Hall–Kier alpha value is -4.98. The Bertz CT molecular complexity index is 1910. The minimum absolute atomic E-state index is 0. The fraction of sp³-hybridized carbons (Fsp3) is 0.250. The average Bonchev–Trinajstić information content (AvgIpc) is 3.96. The molecule has 4 aromatic carbocycles. The van der Waals surface area contributed by atoms with Crippen molar-refractivity contribution in [3.63, 3.8) is 0 Å². The molecule has 0 spiro atoms. The molecule has 0 atom stereocenters. The number of hydrogen-bond acceptors (Lipinski definition) is 6. The van der Waals surface area contributed by atoms with E-state index in [2.05, 4.69) is 0 Å². The van der Waals surface area contributed by atoms with E-state index in [1.165, 1.54) is 25.7 Å². The quantitative estimate of drug-likeness (QED) is 0.170. The second-order valence-electron chi connectivity index (χ2n) is 12.7. The average molecular weight is 698 g/mol. The van der Waals surface area contributed by atoms with Gasteiger partial charge in [0.05, 0.1) is 0 Å².